The van der Waals surface area contributed by atoms with E-state index in [9.17, 15) is 9.59 Å². The minimum Gasteiger partial charge on any atom is -0.343 e. The van der Waals surface area contributed by atoms with E-state index in [-0.39, 0.29) is 11.7 Å². The maximum atomic E-state index is 12.4. The summed E-state index contributed by atoms with van der Waals surface area (Å²) >= 11 is 0. The topological polar surface area (TPSA) is 58.1 Å². The molecule has 0 spiro atoms. The van der Waals surface area contributed by atoms with Gasteiger partial charge < -0.3 is 9.88 Å². The minimum absolute atomic E-state index is 0.0361. The van der Waals surface area contributed by atoms with Gasteiger partial charge in [0.1, 0.15) is 0 Å². The Labute approximate surface area is 141 Å². The lowest BCUT2D eigenvalue weighted by Gasteiger charge is -2.33. The first-order chi connectivity index (χ1) is 11.7. The van der Waals surface area contributed by atoms with Crippen molar-refractivity contribution in [2.75, 3.05) is 13.1 Å². The highest BCUT2D eigenvalue weighted by Gasteiger charge is 2.26. The molecular weight excluding hydrogens is 302 g/mol. The van der Waals surface area contributed by atoms with Crippen LogP contribution in [0.3, 0.4) is 0 Å². The molecule has 1 saturated heterocycles. The van der Waals surface area contributed by atoms with Crippen LogP contribution in [0.2, 0.25) is 0 Å². The molecule has 1 N–H and O–H groups in total. The second kappa shape index (κ2) is 6.46. The number of carbonyl (C=O) groups is 1. The Hall–Kier alpha value is -2.04. The molecule has 5 nitrogen and oxygen atoms in total. The van der Waals surface area contributed by atoms with Crippen LogP contribution in [0, 0.1) is 5.92 Å². The number of para-hydroxylation sites is 2. The number of H-pyrrole nitrogens is 1. The van der Waals surface area contributed by atoms with E-state index in [1.165, 1.54) is 19.3 Å². The molecule has 1 amide bonds. The molecule has 1 saturated carbocycles. The van der Waals surface area contributed by atoms with Gasteiger partial charge in [0, 0.05) is 25.6 Å². The Morgan fingerprint density at radius 3 is 2.58 bits per heavy atom. The van der Waals surface area contributed by atoms with Crippen molar-refractivity contribution in [3.05, 3.63) is 34.7 Å². The first-order valence-electron chi connectivity index (χ1n) is 9.19. The quantitative estimate of drug-likeness (QED) is 0.938. The van der Waals surface area contributed by atoms with Crippen molar-refractivity contribution in [1.82, 2.24) is 14.5 Å². The highest BCUT2D eigenvalue weighted by molar-refractivity contribution is 5.76. The molecule has 0 radical (unpaired) electrons. The first kappa shape index (κ1) is 15.5. The lowest BCUT2D eigenvalue weighted by molar-refractivity contribution is -0.132. The molecule has 2 fully saturated rings. The SMILES string of the molecule is O=C(CCC1CCC1)N1CCC(n2c(=O)[nH]c3ccccc32)CC1. The van der Waals surface area contributed by atoms with Gasteiger partial charge in [0.25, 0.3) is 0 Å². The second-order valence-corrected chi connectivity index (χ2v) is 7.26. The average molecular weight is 327 g/mol. The molecule has 1 aromatic heterocycles. The van der Waals surface area contributed by atoms with Crippen molar-refractivity contribution < 1.29 is 4.79 Å². The summed E-state index contributed by atoms with van der Waals surface area (Å²) in [7, 11) is 0. The number of likely N-dealkylation sites (tertiary alicyclic amines) is 1. The fraction of sp³-hybridized carbons (Fsp3) is 0.579. The standard InChI is InChI=1S/C19H25N3O2/c23-18(9-8-14-4-3-5-14)21-12-10-15(11-13-21)22-17-7-2-1-6-16(17)20-19(22)24/h1-2,6-7,14-15H,3-5,8-13H2,(H,20,24). The largest absolute Gasteiger partial charge is 0.343 e. The van der Waals surface area contributed by atoms with Gasteiger partial charge in [-0.3, -0.25) is 9.36 Å². The molecule has 24 heavy (non-hydrogen) atoms. The first-order valence-corrected chi connectivity index (χ1v) is 9.19. The molecule has 0 atom stereocenters. The summed E-state index contributed by atoms with van der Waals surface area (Å²) in [6.07, 6.45) is 7.41. The number of fused-ring (bicyclic) bond motifs is 1. The van der Waals surface area contributed by atoms with Crippen LogP contribution >= 0.6 is 0 Å². The Morgan fingerprint density at radius 1 is 1.12 bits per heavy atom. The number of carbonyl (C=O) groups excluding carboxylic acids is 1. The molecule has 5 heteroatoms. The predicted molar refractivity (Wildman–Crippen MR) is 94.0 cm³/mol. The Morgan fingerprint density at radius 2 is 1.88 bits per heavy atom. The minimum atomic E-state index is -0.0361. The summed E-state index contributed by atoms with van der Waals surface area (Å²) in [5.74, 6) is 1.09. The highest BCUT2D eigenvalue weighted by Crippen LogP contribution is 2.31. The normalized spacial score (nSPS) is 19.6. The van der Waals surface area contributed by atoms with Crippen LogP contribution in [0.4, 0.5) is 0 Å². The summed E-state index contributed by atoms with van der Waals surface area (Å²) in [5, 5.41) is 0. The third-order valence-electron chi connectivity index (χ3n) is 5.80. The van der Waals surface area contributed by atoms with E-state index in [0.29, 0.717) is 12.3 Å². The van der Waals surface area contributed by atoms with Crippen LogP contribution in [0.15, 0.2) is 29.1 Å². The Bertz CT molecular complexity index is 779. The molecule has 4 rings (SSSR count). The van der Waals surface area contributed by atoms with Crippen LogP contribution in [0.25, 0.3) is 11.0 Å². The highest BCUT2D eigenvalue weighted by atomic mass is 16.2. The van der Waals surface area contributed by atoms with E-state index < -0.39 is 0 Å². The van der Waals surface area contributed by atoms with Crippen LogP contribution in [-0.4, -0.2) is 33.4 Å². The molecule has 2 aliphatic rings. The van der Waals surface area contributed by atoms with Gasteiger partial charge in [-0.05, 0) is 37.3 Å². The van der Waals surface area contributed by atoms with Gasteiger partial charge in [-0.2, -0.15) is 0 Å². The van der Waals surface area contributed by atoms with E-state index in [1.807, 2.05) is 33.7 Å². The molecule has 1 aromatic carbocycles. The number of hydrogen-bond acceptors (Lipinski definition) is 2. The second-order valence-electron chi connectivity index (χ2n) is 7.26. The number of nitrogens with one attached hydrogen (secondary N) is 1. The number of nitrogens with zero attached hydrogens (tertiary/aromatic N) is 2. The maximum absolute atomic E-state index is 12.4. The van der Waals surface area contributed by atoms with E-state index in [4.69, 9.17) is 0 Å². The van der Waals surface area contributed by atoms with Gasteiger partial charge in [0.2, 0.25) is 5.91 Å². The molecule has 128 valence electrons. The van der Waals surface area contributed by atoms with Gasteiger partial charge in [0.05, 0.1) is 11.0 Å². The van der Waals surface area contributed by atoms with Gasteiger partial charge >= 0.3 is 5.69 Å². The van der Waals surface area contributed by atoms with E-state index >= 15 is 0 Å². The summed E-state index contributed by atoms with van der Waals surface area (Å²) in [4.78, 5) is 29.6. The number of imidazole rings is 1. The zero-order valence-electron chi connectivity index (χ0n) is 14.0. The average Bonchev–Trinajstić information content (AvgIpc) is 2.89. The van der Waals surface area contributed by atoms with Gasteiger partial charge in [-0.25, -0.2) is 4.79 Å². The molecule has 2 heterocycles. The third-order valence-corrected chi connectivity index (χ3v) is 5.80. The fourth-order valence-electron chi connectivity index (χ4n) is 4.08. The van der Waals surface area contributed by atoms with Crippen LogP contribution < -0.4 is 5.69 Å². The fourth-order valence-corrected chi connectivity index (χ4v) is 4.08. The number of aromatic amines is 1. The number of benzene rings is 1. The van der Waals surface area contributed by atoms with Gasteiger partial charge in [0.15, 0.2) is 0 Å². The van der Waals surface area contributed by atoms with E-state index in [1.54, 1.807) is 0 Å². The van der Waals surface area contributed by atoms with Gasteiger partial charge in [-0.15, -0.1) is 0 Å². The smallest absolute Gasteiger partial charge is 0.326 e. The summed E-state index contributed by atoms with van der Waals surface area (Å²) in [6, 6.07) is 8.01. The summed E-state index contributed by atoms with van der Waals surface area (Å²) in [6.45, 7) is 1.53. The monoisotopic (exact) mass is 327 g/mol. The van der Waals surface area contributed by atoms with Gasteiger partial charge in [-0.1, -0.05) is 31.4 Å². The van der Waals surface area contributed by atoms with E-state index in [0.717, 1.165) is 49.3 Å². The van der Waals surface area contributed by atoms with Crippen molar-refractivity contribution in [1.29, 1.82) is 0 Å². The zero-order chi connectivity index (χ0) is 16.5. The van der Waals surface area contributed by atoms with Crippen molar-refractivity contribution in [3.63, 3.8) is 0 Å². The third kappa shape index (κ3) is 2.87. The lowest BCUT2D eigenvalue weighted by atomic mass is 9.82. The molecule has 0 bridgehead atoms. The number of rotatable bonds is 4. The Kier molecular flexibility index (Phi) is 4.17. The number of aromatic nitrogens is 2. The molecule has 1 aliphatic carbocycles. The maximum Gasteiger partial charge on any atom is 0.326 e. The zero-order valence-corrected chi connectivity index (χ0v) is 14.0. The molecule has 0 unspecified atom stereocenters. The van der Waals surface area contributed by atoms with Crippen LogP contribution in [0.5, 0.6) is 0 Å². The van der Waals surface area contributed by atoms with Crippen LogP contribution in [-0.2, 0) is 4.79 Å². The van der Waals surface area contributed by atoms with Crippen LogP contribution in [0.1, 0.15) is 51.0 Å². The molecule has 2 aromatic rings. The predicted octanol–water partition coefficient (Wildman–Crippen LogP) is 3.07. The van der Waals surface area contributed by atoms with Crippen molar-refractivity contribution in [2.24, 2.45) is 5.92 Å². The summed E-state index contributed by atoms with van der Waals surface area (Å²) in [5.41, 5.74) is 1.82. The lowest BCUT2D eigenvalue weighted by Crippen LogP contribution is -2.40. The number of piperidine rings is 1. The Balaban J connectivity index is 1.39. The molecule has 1 aliphatic heterocycles. The number of amides is 1. The summed E-state index contributed by atoms with van der Waals surface area (Å²) < 4.78 is 1.88. The van der Waals surface area contributed by atoms with Crippen molar-refractivity contribution >= 4 is 16.9 Å². The van der Waals surface area contributed by atoms with Crippen molar-refractivity contribution in [2.45, 2.75) is 51.0 Å². The molecular formula is C19H25N3O2. The van der Waals surface area contributed by atoms with E-state index in [2.05, 4.69) is 4.98 Å². The number of hydrogen-bond donors (Lipinski definition) is 1. The van der Waals surface area contributed by atoms with Crippen molar-refractivity contribution in [3.8, 4) is 0 Å².